The summed E-state index contributed by atoms with van der Waals surface area (Å²) in [6.07, 6.45) is 0. The zero-order chi connectivity index (χ0) is 15.6. The van der Waals surface area contributed by atoms with Crippen LogP contribution in [0.15, 0.2) is 30.3 Å². The maximum absolute atomic E-state index is 12.5. The van der Waals surface area contributed by atoms with Gasteiger partial charge in [0.25, 0.3) is 5.91 Å². The number of hydrogen-bond acceptors (Lipinski definition) is 3. The first-order chi connectivity index (χ1) is 9.90. The van der Waals surface area contributed by atoms with Crippen LogP contribution in [-0.2, 0) is 0 Å². The molecule has 0 bridgehead atoms. The molecule has 1 atom stereocenters. The SMILES string of the molecule is Cc1ccc(C(C)N(C)C(=O)c2cc(Cl)nnc2Cl)cc1. The molecule has 0 aliphatic carbocycles. The van der Waals surface area contributed by atoms with Crippen molar-refractivity contribution < 1.29 is 4.79 Å². The van der Waals surface area contributed by atoms with Crippen LogP contribution in [0.5, 0.6) is 0 Å². The molecule has 0 spiro atoms. The molecule has 0 fully saturated rings. The van der Waals surface area contributed by atoms with Gasteiger partial charge in [-0.1, -0.05) is 53.0 Å². The highest BCUT2D eigenvalue weighted by atomic mass is 35.5. The molecule has 0 saturated heterocycles. The maximum atomic E-state index is 12.5. The molecule has 1 aromatic carbocycles. The molecule has 0 aliphatic rings. The first kappa shape index (κ1) is 15.7. The van der Waals surface area contributed by atoms with Crippen LogP contribution < -0.4 is 0 Å². The Hall–Kier alpha value is -1.65. The van der Waals surface area contributed by atoms with E-state index in [4.69, 9.17) is 23.2 Å². The average molecular weight is 324 g/mol. The van der Waals surface area contributed by atoms with Gasteiger partial charge in [-0.3, -0.25) is 4.79 Å². The Labute approximate surface area is 133 Å². The molecule has 1 aromatic heterocycles. The Morgan fingerprint density at radius 2 is 1.81 bits per heavy atom. The number of aromatic nitrogens is 2. The van der Waals surface area contributed by atoms with Crippen LogP contribution in [0.4, 0.5) is 0 Å². The topological polar surface area (TPSA) is 46.1 Å². The highest BCUT2D eigenvalue weighted by molar-refractivity contribution is 6.34. The number of nitrogens with zero attached hydrogens (tertiary/aromatic N) is 3. The van der Waals surface area contributed by atoms with Gasteiger partial charge in [0.05, 0.1) is 11.6 Å². The molecule has 4 nitrogen and oxygen atoms in total. The van der Waals surface area contributed by atoms with E-state index in [1.54, 1.807) is 11.9 Å². The second kappa shape index (κ2) is 6.41. The van der Waals surface area contributed by atoms with Gasteiger partial charge in [-0.15, -0.1) is 10.2 Å². The Morgan fingerprint density at radius 3 is 2.43 bits per heavy atom. The van der Waals surface area contributed by atoms with E-state index in [0.29, 0.717) is 0 Å². The molecule has 2 rings (SSSR count). The molecule has 0 aliphatic heterocycles. The van der Waals surface area contributed by atoms with Crippen molar-refractivity contribution in [1.29, 1.82) is 0 Å². The number of rotatable bonds is 3. The number of benzene rings is 1. The molecule has 2 aromatic rings. The van der Waals surface area contributed by atoms with Gasteiger partial charge >= 0.3 is 0 Å². The smallest absolute Gasteiger partial charge is 0.257 e. The summed E-state index contributed by atoms with van der Waals surface area (Å²) in [4.78, 5) is 14.1. The second-order valence-electron chi connectivity index (χ2n) is 4.87. The molecule has 110 valence electrons. The lowest BCUT2D eigenvalue weighted by Crippen LogP contribution is -2.30. The highest BCUT2D eigenvalue weighted by Crippen LogP contribution is 2.24. The Morgan fingerprint density at radius 1 is 1.19 bits per heavy atom. The average Bonchev–Trinajstić information content (AvgIpc) is 2.48. The Kier molecular flexibility index (Phi) is 4.80. The summed E-state index contributed by atoms with van der Waals surface area (Å²) in [5.41, 5.74) is 2.46. The van der Waals surface area contributed by atoms with Crippen molar-refractivity contribution in [3.8, 4) is 0 Å². The van der Waals surface area contributed by atoms with Crippen LogP contribution >= 0.6 is 23.2 Å². The fraction of sp³-hybridized carbons (Fsp3) is 0.267. The summed E-state index contributed by atoms with van der Waals surface area (Å²) in [7, 11) is 1.72. The molecule has 1 unspecified atom stereocenters. The molecule has 21 heavy (non-hydrogen) atoms. The molecular weight excluding hydrogens is 309 g/mol. The van der Waals surface area contributed by atoms with Crippen molar-refractivity contribution in [2.75, 3.05) is 7.05 Å². The maximum Gasteiger partial charge on any atom is 0.257 e. The first-order valence-electron chi connectivity index (χ1n) is 6.42. The number of carbonyl (C=O) groups is 1. The van der Waals surface area contributed by atoms with E-state index in [1.807, 2.05) is 38.1 Å². The van der Waals surface area contributed by atoms with Crippen molar-refractivity contribution in [1.82, 2.24) is 15.1 Å². The summed E-state index contributed by atoms with van der Waals surface area (Å²) in [6.45, 7) is 3.97. The van der Waals surface area contributed by atoms with E-state index in [0.717, 1.165) is 5.56 Å². The minimum Gasteiger partial charge on any atom is -0.335 e. The minimum absolute atomic E-state index is 0.0485. The standard InChI is InChI=1S/C15H15Cl2N3O/c1-9-4-6-11(7-5-9)10(2)20(3)15(21)12-8-13(16)18-19-14(12)17/h4-8,10H,1-3H3. The lowest BCUT2D eigenvalue weighted by molar-refractivity contribution is 0.0742. The van der Waals surface area contributed by atoms with Crippen molar-refractivity contribution in [2.45, 2.75) is 19.9 Å². The number of aryl methyl sites for hydroxylation is 1. The third kappa shape index (κ3) is 3.52. The van der Waals surface area contributed by atoms with Crippen LogP contribution in [0.3, 0.4) is 0 Å². The summed E-state index contributed by atoms with van der Waals surface area (Å²) < 4.78 is 0. The first-order valence-corrected chi connectivity index (χ1v) is 7.18. The predicted molar refractivity (Wildman–Crippen MR) is 83.7 cm³/mol. The van der Waals surface area contributed by atoms with E-state index in [-0.39, 0.29) is 27.8 Å². The Bertz CT molecular complexity index is 658. The van der Waals surface area contributed by atoms with Crippen LogP contribution in [0.2, 0.25) is 10.3 Å². The van der Waals surface area contributed by atoms with Gasteiger partial charge < -0.3 is 4.90 Å². The van der Waals surface area contributed by atoms with E-state index >= 15 is 0 Å². The van der Waals surface area contributed by atoms with Gasteiger partial charge in [0.15, 0.2) is 10.3 Å². The largest absolute Gasteiger partial charge is 0.335 e. The number of amides is 1. The second-order valence-corrected chi connectivity index (χ2v) is 5.62. The van der Waals surface area contributed by atoms with Crippen LogP contribution in [0.25, 0.3) is 0 Å². The van der Waals surface area contributed by atoms with E-state index in [1.165, 1.54) is 11.6 Å². The predicted octanol–water partition coefficient (Wildman–Crippen LogP) is 3.93. The van der Waals surface area contributed by atoms with Gasteiger partial charge in [0, 0.05) is 7.05 Å². The zero-order valence-electron chi connectivity index (χ0n) is 12.0. The quantitative estimate of drug-likeness (QED) is 0.859. The molecule has 6 heteroatoms. The van der Waals surface area contributed by atoms with Crippen molar-refractivity contribution >= 4 is 29.1 Å². The van der Waals surface area contributed by atoms with Gasteiger partial charge in [-0.25, -0.2) is 0 Å². The third-order valence-corrected chi connectivity index (χ3v) is 3.87. The molecular formula is C15H15Cl2N3O. The van der Waals surface area contributed by atoms with Crippen molar-refractivity contribution in [2.24, 2.45) is 0 Å². The fourth-order valence-corrected chi connectivity index (χ4v) is 2.26. The normalized spacial score (nSPS) is 12.0. The van der Waals surface area contributed by atoms with E-state index < -0.39 is 0 Å². The van der Waals surface area contributed by atoms with Gasteiger partial charge in [0.2, 0.25) is 0 Å². The third-order valence-electron chi connectivity index (χ3n) is 3.41. The van der Waals surface area contributed by atoms with E-state index in [9.17, 15) is 4.79 Å². The zero-order valence-corrected chi connectivity index (χ0v) is 13.5. The molecule has 1 heterocycles. The molecule has 0 N–H and O–H groups in total. The minimum atomic E-state index is -0.245. The van der Waals surface area contributed by atoms with Crippen molar-refractivity contribution in [3.05, 3.63) is 57.3 Å². The van der Waals surface area contributed by atoms with Gasteiger partial charge in [0.1, 0.15) is 0 Å². The number of hydrogen-bond donors (Lipinski definition) is 0. The van der Waals surface area contributed by atoms with Crippen LogP contribution in [0.1, 0.15) is 34.5 Å². The summed E-state index contributed by atoms with van der Waals surface area (Å²) in [5, 5.41) is 7.45. The number of carbonyl (C=O) groups excluding carboxylic acids is 1. The van der Waals surface area contributed by atoms with Gasteiger partial charge in [-0.2, -0.15) is 0 Å². The lowest BCUT2D eigenvalue weighted by atomic mass is 10.0. The lowest BCUT2D eigenvalue weighted by Gasteiger charge is -2.25. The van der Waals surface area contributed by atoms with Gasteiger partial charge in [-0.05, 0) is 25.5 Å². The highest BCUT2D eigenvalue weighted by Gasteiger charge is 2.22. The van der Waals surface area contributed by atoms with Crippen molar-refractivity contribution in [3.63, 3.8) is 0 Å². The monoisotopic (exact) mass is 323 g/mol. The summed E-state index contributed by atoms with van der Waals surface area (Å²) >= 11 is 11.7. The molecule has 0 saturated carbocycles. The van der Waals surface area contributed by atoms with Crippen LogP contribution in [0, 0.1) is 6.92 Å². The molecule has 0 radical (unpaired) electrons. The van der Waals surface area contributed by atoms with E-state index in [2.05, 4.69) is 10.2 Å². The number of halogens is 2. The summed E-state index contributed by atoms with van der Waals surface area (Å²) in [6, 6.07) is 9.37. The van der Waals surface area contributed by atoms with Crippen LogP contribution in [-0.4, -0.2) is 28.1 Å². The summed E-state index contributed by atoms with van der Waals surface area (Å²) in [5.74, 6) is -0.245. The fourth-order valence-electron chi connectivity index (χ4n) is 1.94. The molecule has 1 amide bonds. The Balaban J connectivity index is 2.26.